The van der Waals surface area contributed by atoms with Gasteiger partial charge in [0.1, 0.15) is 5.82 Å². The van der Waals surface area contributed by atoms with Gasteiger partial charge in [-0.25, -0.2) is 4.39 Å². The van der Waals surface area contributed by atoms with E-state index in [0.717, 1.165) is 16.8 Å². The van der Waals surface area contributed by atoms with E-state index in [-0.39, 0.29) is 30.2 Å². The van der Waals surface area contributed by atoms with Crippen molar-refractivity contribution in [1.82, 2.24) is 5.32 Å². The van der Waals surface area contributed by atoms with Crippen molar-refractivity contribution in [2.24, 2.45) is 5.92 Å². The van der Waals surface area contributed by atoms with Crippen LogP contribution >= 0.6 is 0 Å². The normalized spacial score (nSPS) is 12.2. The molecule has 2 rings (SSSR count). The van der Waals surface area contributed by atoms with Gasteiger partial charge in [0, 0.05) is 11.7 Å². The van der Waals surface area contributed by atoms with Gasteiger partial charge in [0.05, 0.1) is 6.54 Å². The van der Waals surface area contributed by atoms with E-state index in [1.807, 2.05) is 32.0 Å². The Morgan fingerprint density at radius 1 is 1.04 bits per heavy atom. The number of halogens is 1. The van der Waals surface area contributed by atoms with Gasteiger partial charge in [-0.2, -0.15) is 0 Å². The Morgan fingerprint density at radius 2 is 1.71 bits per heavy atom. The SMILES string of the molecule is Cc1ccc(NC(=O)CN[C@H](c2ccc(F)cc2)C(C)C)cc1C. The van der Waals surface area contributed by atoms with Crippen molar-refractivity contribution in [2.45, 2.75) is 33.7 Å². The van der Waals surface area contributed by atoms with Gasteiger partial charge in [-0.3, -0.25) is 4.79 Å². The zero-order chi connectivity index (χ0) is 17.7. The molecule has 0 unspecified atom stereocenters. The van der Waals surface area contributed by atoms with E-state index in [1.54, 1.807) is 12.1 Å². The first-order chi connectivity index (χ1) is 11.4. The number of amides is 1. The Labute approximate surface area is 143 Å². The van der Waals surface area contributed by atoms with Crippen LogP contribution in [-0.2, 0) is 4.79 Å². The molecular weight excluding hydrogens is 303 g/mol. The number of carbonyl (C=O) groups is 1. The summed E-state index contributed by atoms with van der Waals surface area (Å²) in [5.41, 5.74) is 4.12. The van der Waals surface area contributed by atoms with E-state index in [9.17, 15) is 9.18 Å². The molecule has 1 atom stereocenters. The monoisotopic (exact) mass is 328 g/mol. The number of aryl methyl sites for hydroxylation is 2. The summed E-state index contributed by atoms with van der Waals surface area (Å²) in [6, 6.07) is 12.3. The Balaban J connectivity index is 1.97. The van der Waals surface area contributed by atoms with Crippen LogP contribution in [0.15, 0.2) is 42.5 Å². The molecule has 0 aliphatic carbocycles. The third-order valence-electron chi connectivity index (χ3n) is 4.17. The summed E-state index contributed by atoms with van der Waals surface area (Å²) in [5.74, 6) is -0.0652. The minimum absolute atomic E-state index is 0.00361. The molecule has 0 spiro atoms. The van der Waals surface area contributed by atoms with Gasteiger partial charge in [0.2, 0.25) is 5.91 Å². The van der Waals surface area contributed by atoms with Crippen LogP contribution in [-0.4, -0.2) is 12.5 Å². The number of rotatable bonds is 6. The standard InChI is InChI=1S/C20H25FN2O/c1-13(2)20(16-6-8-17(21)9-7-16)22-12-19(24)23-18-10-5-14(3)15(4)11-18/h5-11,13,20,22H,12H2,1-4H3,(H,23,24)/t20-/m0/s1. The molecule has 0 saturated carbocycles. The maximum Gasteiger partial charge on any atom is 0.238 e. The van der Waals surface area contributed by atoms with Crippen LogP contribution in [0.3, 0.4) is 0 Å². The lowest BCUT2D eigenvalue weighted by Gasteiger charge is -2.23. The number of anilines is 1. The average molecular weight is 328 g/mol. The topological polar surface area (TPSA) is 41.1 Å². The van der Waals surface area contributed by atoms with E-state index in [0.29, 0.717) is 0 Å². The fourth-order valence-corrected chi connectivity index (χ4v) is 2.64. The Kier molecular flexibility index (Phi) is 6.10. The molecule has 4 heteroatoms. The fraction of sp³-hybridized carbons (Fsp3) is 0.350. The highest BCUT2D eigenvalue weighted by molar-refractivity contribution is 5.92. The van der Waals surface area contributed by atoms with Crippen LogP contribution in [0.5, 0.6) is 0 Å². The fourth-order valence-electron chi connectivity index (χ4n) is 2.64. The molecule has 0 aliphatic heterocycles. The predicted molar refractivity (Wildman–Crippen MR) is 96.5 cm³/mol. The first-order valence-electron chi connectivity index (χ1n) is 8.22. The van der Waals surface area contributed by atoms with Gasteiger partial charge >= 0.3 is 0 Å². The maximum atomic E-state index is 13.1. The highest BCUT2D eigenvalue weighted by Gasteiger charge is 2.16. The van der Waals surface area contributed by atoms with E-state index in [4.69, 9.17) is 0 Å². The molecule has 0 aliphatic rings. The predicted octanol–water partition coefficient (Wildman–Crippen LogP) is 4.37. The van der Waals surface area contributed by atoms with E-state index < -0.39 is 0 Å². The summed E-state index contributed by atoms with van der Waals surface area (Å²) in [5, 5.41) is 6.17. The molecule has 2 N–H and O–H groups in total. The smallest absolute Gasteiger partial charge is 0.238 e. The van der Waals surface area contributed by atoms with Crippen LogP contribution in [0.4, 0.5) is 10.1 Å². The van der Waals surface area contributed by atoms with Crippen molar-refractivity contribution >= 4 is 11.6 Å². The largest absolute Gasteiger partial charge is 0.325 e. The van der Waals surface area contributed by atoms with Gasteiger partial charge in [-0.15, -0.1) is 0 Å². The molecule has 0 fully saturated rings. The molecule has 0 bridgehead atoms. The Morgan fingerprint density at radius 3 is 2.29 bits per heavy atom. The average Bonchev–Trinajstić information content (AvgIpc) is 2.52. The van der Waals surface area contributed by atoms with Crippen molar-refractivity contribution in [2.75, 3.05) is 11.9 Å². The lowest BCUT2D eigenvalue weighted by atomic mass is 9.96. The van der Waals surface area contributed by atoms with Crippen molar-refractivity contribution in [3.05, 3.63) is 65.0 Å². The van der Waals surface area contributed by atoms with Crippen LogP contribution in [0.1, 0.15) is 36.6 Å². The number of carbonyl (C=O) groups excluding carboxylic acids is 1. The van der Waals surface area contributed by atoms with Gasteiger partial charge in [0.15, 0.2) is 0 Å². The van der Waals surface area contributed by atoms with Crippen molar-refractivity contribution in [3.8, 4) is 0 Å². The summed E-state index contributed by atoms with van der Waals surface area (Å²) < 4.78 is 13.1. The second-order valence-electron chi connectivity index (χ2n) is 6.50. The molecule has 2 aromatic rings. The van der Waals surface area contributed by atoms with E-state index >= 15 is 0 Å². The van der Waals surface area contributed by atoms with Crippen molar-refractivity contribution in [1.29, 1.82) is 0 Å². The summed E-state index contributed by atoms with van der Waals surface area (Å²) in [7, 11) is 0. The molecule has 2 aromatic carbocycles. The van der Waals surface area contributed by atoms with Gasteiger partial charge in [-0.05, 0) is 60.7 Å². The van der Waals surface area contributed by atoms with Crippen molar-refractivity contribution in [3.63, 3.8) is 0 Å². The van der Waals surface area contributed by atoms with Gasteiger partial charge in [-0.1, -0.05) is 32.0 Å². The molecule has 0 saturated heterocycles. The highest BCUT2D eigenvalue weighted by atomic mass is 19.1. The van der Waals surface area contributed by atoms with Crippen LogP contribution in [0.2, 0.25) is 0 Å². The molecule has 0 radical (unpaired) electrons. The first kappa shape index (κ1) is 18.1. The third kappa shape index (κ3) is 4.90. The molecular formula is C20H25FN2O. The summed E-state index contributed by atoms with van der Waals surface area (Å²) in [4.78, 5) is 12.2. The molecule has 24 heavy (non-hydrogen) atoms. The Hall–Kier alpha value is -2.20. The summed E-state index contributed by atoms with van der Waals surface area (Å²) >= 11 is 0. The quantitative estimate of drug-likeness (QED) is 0.827. The zero-order valence-electron chi connectivity index (χ0n) is 14.7. The van der Waals surface area contributed by atoms with Crippen LogP contribution in [0, 0.1) is 25.6 Å². The van der Waals surface area contributed by atoms with Crippen LogP contribution in [0.25, 0.3) is 0 Å². The molecule has 0 aromatic heterocycles. The molecule has 3 nitrogen and oxygen atoms in total. The third-order valence-corrected chi connectivity index (χ3v) is 4.17. The van der Waals surface area contributed by atoms with Gasteiger partial charge < -0.3 is 10.6 Å². The maximum absolute atomic E-state index is 13.1. The number of nitrogens with one attached hydrogen (secondary N) is 2. The lowest BCUT2D eigenvalue weighted by Crippen LogP contribution is -2.33. The molecule has 1 amide bonds. The molecule has 0 heterocycles. The zero-order valence-corrected chi connectivity index (χ0v) is 14.7. The molecule has 128 valence electrons. The first-order valence-corrected chi connectivity index (χ1v) is 8.22. The van der Waals surface area contributed by atoms with E-state index in [1.165, 1.54) is 17.7 Å². The second kappa shape index (κ2) is 8.06. The number of hydrogen-bond acceptors (Lipinski definition) is 2. The minimum Gasteiger partial charge on any atom is -0.325 e. The Bertz CT molecular complexity index is 695. The minimum atomic E-state index is -0.256. The highest BCUT2D eigenvalue weighted by Crippen LogP contribution is 2.21. The summed E-state index contributed by atoms with van der Waals surface area (Å²) in [6.45, 7) is 8.41. The summed E-state index contributed by atoms with van der Waals surface area (Å²) in [6.07, 6.45) is 0. The number of hydrogen-bond donors (Lipinski definition) is 2. The van der Waals surface area contributed by atoms with Gasteiger partial charge in [0.25, 0.3) is 0 Å². The second-order valence-corrected chi connectivity index (χ2v) is 6.50. The lowest BCUT2D eigenvalue weighted by molar-refractivity contribution is -0.115. The van der Waals surface area contributed by atoms with Crippen LogP contribution < -0.4 is 10.6 Å². The number of benzene rings is 2. The van der Waals surface area contributed by atoms with Crippen molar-refractivity contribution < 1.29 is 9.18 Å². The van der Waals surface area contributed by atoms with E-state index in [2.05, 4.69) is 24.5 Å².